The van der Waals surface area contributed by atoms with Crippen LogP contribution >= 0.6 is 36.0 Å². The van der Waals surface area contributed by atoms with Crippen molar-refractivity contribution in [2.45, 2.75) is 13.3 Å². The van der Waals surface area contributed by atoms with E-state index in [9.17, 15) is 9.59 Å². The summed E-state index contributed by atoms with van der Waals surface area (Å²) in [6.07, 6.45) is 0.345. The minimum atomic E-state index is -0.419. The first-order valence-corrected chi connectivity index (χ1v) is 9.76. The number of thiocarbonyl (C=S) groups is 2. The highest BCUT2D eigenvalue weighted by atomic mass is 35.5. The predicted octanol–water partition coefficient (Wildman–Crippen LogP) is 3.46. The molecule has 0 unspecified atom stereocenters. The second kappa shape index (κ2) is 11.3. The van der Waals surface area contributed by atoms with Gasteiger partial charge in [0, 0.05) is 17.8 Å². The Morgan fingerprint density at radius 1 is 0.897 bits per heavy atom. The van der Waals surface area contributed by atoms with Gasteiger partial charge >= 0.3 is 0 Å². The fourth-order valence-electron chi connectivity index (χ4n) is 2.04. The van der Waals surface area contributed by atoms with Gasteiger partial charge in [0.05, 0.1) is 5.02 Å². The molecular formula is C19H19ClN4O3S2. The summed E-state index contributed by atoms with van der Waals surface area (Å²) in [4.78, 5) is 23.3. The Labute approximate surface area is 184 Å². The average Bonchev–Trinajstić information content (AvgIpc) is 2.68. The first-order valence-electron chi connectivity index (χ1n) is 8.56. The molecule has 0 saturated carbocycles. The molecule has 4 N–H and O–H groups in total. The van der Waals surface area contributed by atoms with E-state index in [-0.39, 0.29) is 22.7 Å². The van der Waals surface area contributed by atoms with Crippen molar-refractivity contribution in [2.24, 2.45) is 0 Å². The van der Waals surface area contributed by atoms with E-state index in [1.54, 1.807) is 55.5 Å². The topological polar surface area (TPSA) is 91.5 Å². The second-order valence-corrected chi connectivity index (χ2v) is 6.88. The molecule has 0 aliphatic rings. The summed E-state index contributed by atoms with van der Waals surface area (Å²) in [5, 5.41) is 11.6. The van der Waals surface area contributed by atoms with Gasteiger partial charge in [-0.2, -0.15) is 0 Å². The molecule has 0 aliphatic heterocycles. The molecule has 2 amide bonds. The lowest BCUT2D eigenvalue weighted by molar-refractivity contribution is -0.121. The third-order valence-corrected chi connectivity index (χ3v) is 4.14. The molecule has 29 heavy (non-hydrogen) atoms. The zero-order valence-corrected chi connectivity index (χ0v) is 17.8. The Bertz CT molecular complexity index is 907. The number of benzene rings is 2. The van der Waals surface area contributed by atoms with E-state index in [4.69, 9.17) is 40.8 Å². The number of ether oxygens (including phenoxy) is 1. The minimum Gasteiger partial charge on any atom is -0.482 e. The van der Waals surface area contributed by atoms with E-state index in [0.29, 0.717) is 28.6 Å². The molecule has 0 aromatic heterocycles. The molecule has 0 aliphatic carbocycles. The van der Waals surface area contributed by atoms with Crippen molar-refractivity contribution < 1.29 is 14.3 Å². The Balaban J connectivity index is 1.78. The maximum Gasteiger partial charge on any atom is 0.264 e. The van der Waals surface area contributed by atoms with Gasteiger partial charge in [-0.25, -0.2) is 0 Å². The van der Waals surface area contributed by atoms with E-state index >= 15 is 0 Å². The average molecular weight is 451 g/mol. The van der Waals surface area contributed by atoms with E-state index in [0.717, 1.165) is 0 Å². The summed E-state index contributed by atoms with van der Waals surface area (Å²) in [7, 11) is 0. The predicted molar refractivity (Wildman–Crippen MR) is 122 cm³/mol. The Kier molecular flexibility index (Phi) is 8.78. The molecule has 7 nitrogen and oxygen atoms in total. The van der Waals surface area contributed by atoms with Gasteiger partial charge in [0.1, 0.15) is 5.75 Å². The molecule has 2 aromatic carbocycles. The van der Waals surface area contributed by atoms with Gasteiger partial charge in [-0.1, -0.05) is 30.7 Å². The molecule has 0 bridgehead atoms. The van der Waals surface area contributed by atoms with E-state index < -0.39 is 5.91 Å². The van der Waals surface area contributed by atoms with Gasteiger partial charge in [0.2, 0.25) is 5.91 Å². The zero-order chi connectivity index (χ0) is 21.2. The molecule has 0 spiro atoms. The van der Waals surface area contributed by atoms with Crippen LogP contribution < -0.4 is 26.0 Å². The quantitative estimate of drug-likeness (QED) is 0.501. The van der Waals surface area contributed by atoms with Crippen molar-refractivity contribution in [3.05, 3.63) is 53.6 Å². The molecule has 2 aromatic rings. The third kappa shape index (κ3) is 8.02. The van der Waals surface area contributed by atoms with Crippen molar-refractivity contribution in [1.29, 1.82) is 0 Å². The van der Waals surface area contributed by atoms with Crippen molar-refractivity contribution in [3.8, 4) is 5.75 Å². The second-order valence-electron chi connectivity index (χ2n) is 5.65. The first kappa shape index (κ1) is 22.5. The normalized spacial score (nSPS) is 9.86. The standard InChI is InChI=1S/C19H19ClN4O3S2/c1-2-16(25)23-18(28)21-12-7-9-13(10-8-12)22-19(29)24-17(26)11-27-15-6-4-3-5-14(15)20/h3-10H,2,11H2,1H3,(H2,21,23,25,28)(H2,22,24,26,29). The molecule has 0 fully saturated rings. The summed E-state index contributed by atoms with van der Waals surface area (Å²) in [5.74, 6) is -0.169. The summed E-state index contributed by atoms with van der Waals surface area (Å²) >= 11 is 16.1. The highest BCUT2D eigenvalue weighted by Gasteiger charge is 2.08. The van der Waals surface area contributed by atoms with Gasteiger partial charge < -0.3 is 20.7 Å². The van der Waals surface area contributed by atoms with Crippen LogP contribution in [0, 0.1) is 0 Å². The van der Waals surface area contributed by atoms with Gasteiger partial charge in [-0.3, -0.25) is 14.9 Å². The van der Waals surface area contributed by atoms with Crippen molar-refractivity contribution >= 4 is 69.5 Å². The first-order chi connectivity index (χ1) is 13.9. The van der Waals surface area contributed by atoms with Crippen molar-refractivity contribution in [2.75, 3.05) is 17.2 Å². The van der Waals surface area contributed by atoms with Crippen LogP contribution in [0.2, 0.25) is 5.02 Å². The molecule has 152 valence electrons. The molecule has 0 saturated heterocycles. The number of hydrogen-bond donors (Lipinski definition) is 4. The largest absolute Gasteiger partial charge is 0.482 e. The maximum atomic E-state index is 12.0. The number of carbonyl (C=O) groups is 2. The van der Waals surface area contributed by atoms with E-state index in [2.05, 4.69) is 21.3 Å². The number of amides is 2. The maximum absolute atomic E-state index is 12.0. The van der Waals surface area contributed by atoms with Gasteiger partial charge in [0.15, 0.2) is 16.8 Å². The van der Waals surface area contributed by atoms with Crippen LogP contribution in [0.25, 0.3) is 0 Å². The highest BCUT2D eigenvalue weighted by molar-refractivity contribution is 7.80. The summed E-state index contributed by atoms with van der Waals surface area (Å²) in [5.41, 5.74) is 1.36. The summed E-state index contributed by atoms with van der Waals surface area (Å²) < 4.78 is 5.36. The van der Waals surface area contributed by atoms with Crippen LogP contribution in [-0.2, 0) is 9.59 Å². The number of nitrogens with one attached hydrogen (secondary N) is 4. The minimum absolute atomic E-state index is 0.129. The third-order valence-electron chi connectivity index (χ3n) is 3.42. The SMILES string of the molecule is CCC(=O)NC(=S)Nc1ccc(NC(=S)NC(=O)COc2ccccc2Cl)cc1. The molecule has 0 heterocycles. The van der Waals surface area contributed by atoms with Gasteiger partial charge in [-0.05, 0) is 60.8 Å². The van der Waals surface area contributed by atoms with Crippen LogP contribution in [0.4, 0.5) is 11.4 Å². The van der Waals surface area contributed by atoms with E-state index in [1.807, 2.05) is 0 Å². The lowest BCUT2D eigenvalue weighted by atomic mass is 10.3. The number of para-hydroxylation sites is 1. The van der Waals surface area contributed by atoms with E-state index in [1.165, 1.54) is 0 Å². The zero-order valence-electron chi connectivity index (χ0n) is 15.5. The monoisotopic (exact) mass is 450 g/mol. The van der Waals surface area contributed by atoms with Crippen LogP contribution in [0.1, 0.15) is 13.3 Å². The van der Waals surface area contributed by atoms with Crippen LogP contribution in [0.15, 0.2) is 48.5 Å². The number of carbonyl (C=O) groups excluding carboxylic acids is 2. The molecule has 0 radical (unpaired) electrons. The van der Waals surface area contributed by atoms with Crippen LogP contribution in [0.3, 0.4) is 0 Å². The highest BCUT2D eigenvalue weighted by Crippen LogP contribution is 2.22. The Hall–Kier alpha value is -2.75. The lowest BCUT2D eigenvalue weighted by Crippen LogP contribution is -2.37. The van der Waals surface area contributed by atoms with Crippen LogP contribution in [0.5, 0.6) is 5.75 Å². The van der Waals surface area contributed by atoms with Gasteiger partial charge in [0.25, 0.3) is 5.91 Å². The summed E-state index contributed by atoms with van der Waals surface area (Å²) in [6, 6.07) is 13.8. The lowest BCUT2D eigenvalue weighted by Gasteiger charge is -2.12. The van der Waals surface area contributed by atoms with Crippen molar-refractivity contribution in [3.63, 3.8) is 0 Å². The number of anilines is 2. The number of hydrogen-bond acceptors (Lipinski definition) is 5. The molecule has 2 rings (SSSR count). The fourth-order valence-corrected chi connectivity index (χ4v) is 2.70. The molecule has 10 heteroatoms. The van der Waals surface area contributed by atoms with Crippen molar-refractivity contribution in [1.82, 2.24) is 10.6 Å². The Morgan fingerprint density at radius 2 is 1.41 bits per heavy atom. The summed E-state index contributed by atoms with van der Waals surface area (Å²) in [6.45, 7) is 1.51. The molecule has 0 atom stereocenters. The molecular weight excluding hydrogens is 432 g/mol. The Morgan fingerprint density at radius 3 is 1.93 bits per heavy atom. The van der Waals surface area contributed by atoms with Gasteiger partial charge in [-0.15, -0.1) is 0 Å². The number of rotatable bonds is 6. The fraction of sp³-hybridized carbons (Fsp3) is 0.158. The van der Waals surface area contributed by atoms with Crippen LogP contribution in [-0.4, -0.2) is 28.6 Å². The smallest absolute Gasteiger partial charge is 0.264 e. The number of halogens is 1.